The molecular formula is C15H9Cl2N3O2S. The fourth-order valence-corrected chi connectivity index (χ4v) is 2.66. The highest BCUT2D eigenvalue weighted by atomic mass is 35.5. The van der Waals surface area contributed by atoms with Crippen LogP contribution in [0.15, 0.2) is 45.8 Å². The maximum Gasteiger partial charge on any atom is 0.262 e. The van der Waals surface area contributed by atoms with E-state index < -0.39 is 5.56 Å². The standard InChI is InChI=1S/C15H9Cl2N3O2S/c16-11-4-3-9(7-12(11)17)20-14(22)10(13(21)19-15(20)23)6-8-2-1-5-18-8/h1-7,22H,(H,19,21,23)/b8-6-. The Kier molecular flexibility index (Phi) is 4.21. The quantitative estimate of drug-likeness (QED) is 0.793. The summed E-state index contributed by atoms with van der Waals surface area (Å²) in [5.74, 6) is -0.305. The number of aliphatic imine (C=N–C) groups is 1. The lowest BCUT2D eigenvalue weighted by atomic mass is 10.2. The fraction of sp³-hybridized carbons (Fsp3) is 0. The molecule has 0 amide bonds. The van der Waals surface area contributed by atoms with Gasteiger partial charge >= 0.3 is 0 Å². The van der Waals surface area contributed by atoms with Gasteiger partial charge in [0.1, 0.15) is 5.56 Å². The summed E-state index contributed by atoms with van der Waals surface area (Å²) in [4.78, 5) is 18.7. The second-order valence-corrected chi connectivity index (χ2v) is 5.84. The molecule has 0 bridgehead atoms. The van der Waals surface area contributed by atoms with E-state index in [1.54, 1.807) is 36.6 Å². The minimum absolute atomic E-state index is 0.0403. The molecule has 0 radical (unpaired) electrons. The van der Waals surface area contributed by atoms with Crippen LogP contribution in [0.5, 0.6) is 5.88 Å². The molecule has 1 aliphatic heterocycles. The first-order chi connectivity index (χ1) is 11.0. The zero-order valence-electron chi connectivity index (χ0n) is 11.5. The highest BCUT2D eigenvalue weighted by Gasteiger charge is 2.14. The van der Waals surface area contributed by atoms with Crippen LogP contribution in [0.2, 0.25) is 10.0 Å². The van der Waals surface area contributed by atoms with Crippen LogP contribution in [-0.4, -0.2) is 20.9 Å². The Morgan fingerprint density at radius 1 is 1.30 bits per heavy atom. The number of rotatable bonds is 2. The van der Waals surface area contributed by atoms with Gasteiger partial charge in [-0.25, -0.2) is 0 Å². The molecule has 23 heavy (non-hydrogen) atoms. The number of nitrogens with one attached hydrogen (secondary N) is 1. The van der Waals surface area contributed by atoms with Crippen molar-refractivity contribution in [2.24, 2.45) is 4.99 Å². The molecule has 0 saturated carbocycles. The molecule has 0 unspecified atom stereocenters. The van der Waals surface area contributed by atoms with Crippen molar-refractivity contribution in [2.75, 3.05) is 0 Å². The molecule has 1 aromatic carbocycles. The summed E-state index contributed by atoms with van der Waals surface area (Å²) < 4.78 is 1.34. The summed E-state index contributed by atoms with van der Waals surface area (Å²) >= 11 is 17.0. The van der Waals surface area contributed by atoms with Crippen LogP contribution in [0.1, 0.15) is 5.56 Å². The van der Waals surface area contributed by atoms with Gasteiger partial charge in [0.25, 0.3) is 5.56 Å². The first-order valence-corrected chi connectivity index (χ1v) is 7.60. The summed E-state index contributed by atoms with van der Waals surface area (Å²) in [5.41, 5.74) is 0.557. The van der Waals surface area contributed by atoms with E-state index in [4.69, 9.17) is 35.4 Å². The largest absolute Gasteiger partial charge is 0.494 e. The lowest BCUT2D eigenvalue weighted by Crippen LogP contribution is -2.16. The van der Waals surface area contributed by atoms with Gasteiger partial charge in [0.05, 0.1) is 21.4 Å². The molecule has 3 rings (SSSR count). The zero-order chi connectivity index (χ0) is 16.6. The minimum Gasteiger partial charge on any atom is -0.494 e. The molecule has 2 N–H and O–H groups in total. The number of hydrogen-bond acceptors (Lipinski definition) is 4. The molecule has 1 aromatic heterocycles. The van der Waals surface area contributed by atoms with Crippen molar-refractivity contribution < 1.29 is 5.11 Å². The Hall–Kier alpha value is -2.15. The van der Waals surface area contributed by atoms with Crippen molar-refractivity contribution in [3.8, 4) is 11.6 Å². The minimum atomic E-state index is -0.508. The third kappa shape index (κ3) is 3.01. The van der Waals surface area contributed by atoms with E-state index in [2.05, 4.69) is 9.98 Å². The van der Waals surface area contributed by atoms with Crippen molar-refractivity contribution in [1.29, 1.82) is 0 Å². The van der Waals surface area contributed by atoms with E-state index in [0.29, 0.717) is 21.4 Å². The normalized spacial score (nSPS) is 14.8. The number of H-pyrrole nitrogens is 1. The van der Waals surface area contributed by atoms with Gasteiger partial charge in [0.15, 0.2) is 4.77 Å². The van der Waals surface area contributed by atoms with Gasteiger partial charge in [-0.15, -0.1) is 0 Å². The van der Waals surface area contributed by atoms with Gasteiger partial charge in [0, 0.05) is 6.21 Å². The van der Waals surface area contributed by atoms with Crippen LogP contribution in [0.25, 0.3) is 11.8 Å². The molecular weight excluding hydrogens is 357 g/mol. The number of hydrogen-bond donors (Lipinski definition) is 2. The van der Waals surface area contributed by atoms with Gasteiger partial charge in [-0.2, -0.15) is 0 Å². The lowest BCUT2D eigenvalue weighted by Gasteiger charge is -2.12. The molecule has 2 aromatic rings. The van der Waals surface area contributed by atoms with Crippen LogP contribution in [0.3, 0.4) is 0 Å². The van der Waals surface area contributed by atoms with Crippen molar-refractivity contribution in [1.82, 2.24) is 9.55 Å². The van der Waals surface area contributed by atoms with Gasteiger partial charge in [-0.1, -0.05) is 23.2 Å². The number of aromatic nitrogens is 2. The molecule has 2 heterocycles. The van der Waals surface area contributed by atoms with Crippen molar-refractivity contribution in [2.45, 2.75) is 0 Å². The zero-order valence-corrected chi connectivity index (χ0v) is 13.8. The predicted molar refractivity (Wildman–Crippen MR) is 94.5 cm³/mol. The summed E-state index contributed by atoms with van der Waals surface area (Å²) in [6, 6.07) is 4.75. The molecule has 5 nitrogen and oxygen atoms in total. The second-order valence-electron chi connectivity index (χ2n) is 4.64. The molecule has 0 saturated heterocycles. The lowest BCUT2D eigenvalue weighted by molar-refractivity contribution is 0.432. The van der Waals surface area contributed by atoms with E-state index in [1.165, 1.54) is 10.6 Å². The highest BCUT2D eigenvalue weighted by molar-refractivity contribution is 7.71. The van der Waals surface area contributed by atoms with Gasteiger partial charge in [0.2, 0.25) is 5.88 Å². The smallest absolute Gasteiger partial charge is 0.262 e. The van der Waals surface area contributed by atoms with Crippen LogP contribution in [-0.2, 0) is 0 Å². The Labute approximate surface area is 145 Å². The molecule has 116 valence electrons. The summed E-state index contributed by atoms with van der Waals surface area (Å²) in [7, 11) is 0. The Balaban J connectivity index is 2.25. The van der Waals surface area contributed by atoms with E-state index in [-0.39, 0.29) is 16.2 Å². The molecule has 0 fully saturated rings. The van der Waals surface area contributed by atoms with E-state index in [9.17, 15) is 9.90 Å². The van der Waals surface area contributed by atoms with Crippen LogP contribution < -0.4 is 5.56 Å². The first kappa shape index (κ1) is 15.7. The van der Waals surface area contributed by atoms with Crippen molar-refractivity contribution in [3.05, 3.63) is 66.8 Å². The fourth-order valence-electron chi connectivity index (χ4n) is 2.08. The average Bonchev–Trinajstić information content (AvgIpc) is 3.00. The number of nitrogens with zero attached hydrogens (tertiary/aromatic N) is 2. The number of allylic oxidation sites excluding steroid dienone is 2. The first-order valence-electron chi connectivity index (χ1n) is 6.43. The SMILES string of the molecule is O=c1[nH]c(=S)n(-c2ccc(Cl)c(Cl)c2)c(O)c1/C=C1/C=CC=N1. The molecule has 0 spiro atoms. The van der Waals surface area contributed by atoms with Gasteiger partial charge in [-0.05, 0) is 48.6 Å². The second kappa shape index (κ2) is 6.16. The van der Waals surface area contributed by atoms with Crippen LogP contribution in [0.4, 0.5) is 0 Å². The Morgan fingerprint density at radius 3 is 2.74 bits per heavy atom. The third-order valence-electron chi connectivity index (χ3n) is 3.15. The number of aromatic amines is 1. The maximum absolute atomic E-state index is 12.1. The van der Waals surface area contributed by atoms with Gasteiger partial charge < -0.3 is 5.11 Å². The molecule has 8 heteroatoms. The van der Waals surface area contributed by atoms with E-state index in [1.807, 2.05) is 0 Å². The molecule has 0 aliphatic carbocycles. The van der Waals surface area contributed by atoms with E-state index >= 15 is 0 Å². The summed E-state index contributed by atoms with van der Waals surface area (Å²) in [6.07, 6.45) is 6.50. The topological polar surface area (TPSA) is 70.4 Å². The Morgan fingerprint density at radius 2 is 2.09 bits per heavy atom. The number of benzene rings is 1. The predicted octanol–water partition coefficient (Wildman–Crippen LogP) is 3.89. The third-order valence-corrected chi connectivity index (χ3v) is 4.17. The summed E-state index contributed by atoms with van der Waals surface area (Å²) in [5, 5.41) is 11.2. The monoisotopic (exact) mass is 365 g/mol. The Bertz CT molecular complexity index is 989. The summed E-state index contributed by atoms with van der Waals surface area (Å²) in [6.45, 7) is 0. The van der Waals surface area contributed by atoms with Gasteiger partial charge in [-0.3, -0.25) is 19.3 Å². The van der Waals surface area contributed by atoms with E-state index in [0.717, 1.165) is 0 Å². The number of halogens is 2. The van der Waals surface area contributed by atoms with Crippen LogP contribution in [0, 0.1) is 4.77 Å². The maximum atomic E-state index is 12.1. The van der Waals surface area contributed by atoms with Crippen molar-refractivity contribution >= 4 is 47.7 Å². The van der Waals surface area contributed by atoms with Crippen molar-refractivity contribution in [3.63, 3.8) is 0 Å². The molecule has 0 atom stereocenters. The highest BCUT2D eigenvalue weighted by Crippen LogP contribution is 2.28. The average molecular weight is 366 g/mol. The number of aromatic hydroxyl groups is 1. The van der Waals surface area contributed by atoms with Crippen LogP contribution >= 0.6 is 35.4 Å². The molecule has 1 aliphatic rings.